The molecule has 1 fully saturated rings. The second-order valence-corrected chi connectivity index (χ2v) is 10.3. The van der Waals surface area contributed by atoms with Crippen molar-refractivity contribution in [3.8, 4) is 11.1 Å². The number of amides is 1. The van der Waals surface area contributed by atoms with Gasteiger partial charge in [-0.2, -0.15) is 0 Å². The monoisotopic (exact) mass is 470 g/mol. The van der Waals surface area contributed by atoms with Crippen LogP contribution >= 0.6 is 0 Å². The highest BCUT2D eigenvalue weighted by atomic mass is 32.2. The van der Waals surface area contributed by atoms with E-state index in [9.17, 15) is 27.1 Å². The largest absolute Gasteiger partial charge is 0.381 e. The molecule has 1 aliphatic heterocycles. The van der Waals surface area contributed by atoms with Crippen molar-refractivity contribution in [3.05, 3.63) is 59.7 Å². The number of benzene rings is 2. The number of rotatable bonds is 6. The van der Waals surface area contributed by atoms with Gasteiger partial charge in [-0.15, -0.1) is 0 Å². The molecule has 0 spiro atoms. The summed E-state index contributed by atoms with van der Waals surface area (Å²) in [7, 11) is -3.84. The van der Waals surface area contributed by atoms with Crippen LogP contribution in [0.4, 0.5) is 13.2 Å². The van der Waals surface area contributed by atoms with E-state index in [4.69, 9.17) is 0 Å². The number of nitrogens with zero attached hydrogens (tertiary/aromatic N) is 1. The second-order valence-electron chi connectivity index (χ2n) is 8.51. The maximum Gasteiger partial charge on any atom is 0.254 e. The summed E-state index contributed by atoms with van der Waals surface area (Å²) in [5.41, 5.74) is -1.32. The van der Waals surface area contributed by atoms with E-state index >= 15 is 4.39 Å². The standard InChI is InChI=1S/C22H25F3N2O4S/c1-22(2,29)21(28)27-12-17(24)20(26-32(3,30)31)18(27)11-14-7-5-9-16(19(14)25)13-6-4-8-15(23)10-13/h4-10,17-18,20,26,29H,11-12H2,1-3H3. The number of likely N-dealkylation sites (tertiary alicyclic amines) is 1. The Bertz CT molecular complexity index is 1120. The van der Waals surface area contributed by atoms with Gasteiger partial charge in [-0.05, 0) is 43.5 Å². The summed E-state index contributed by atoms with van der Waals surface area (Å²) in [6.07, 6.45) is -1.11. The number of sulfonamides is 1. The Morgan fingerprint density at radius 2 is 1.88 bits per heavy atom. The molecule has 1 saturated heterocycles. The highest BCUT2D eigenvalue weighted by Gasteiger charge is 2.48. The summed E-state index contributed by atoms with van der Waals surface area (Å²) in [5.74, 6) is -2.03. The minimum Gasteiger partial charge on any atom is -0.381 e. The van der Waals surface area contributed by atoms with Crippen LogP contribution in [0.2, 0.25) is 0 Å². The lowest BCUT2D eigenvalue weighted by Crippen LogP contribution is -2.53. The number of alkyl halides is 1. The van der Waals surface area contributed by atoms with Crippen LogP contribution < -0.4 is 4.72 Å². The summed E-state index contributed by atoms with van der Waals surface area (Å²) in [6, 6.07) is 7.42. The molecule has 6 nitrogen and oxygen atoms in total. The smallest absolute Gasteiger partial charge is 0.254 e. The molecule has 174 valence electrons. The fourth-order valence-electron chi connectivity index (χ4n) is 3.94. The van der Waals surface area contributed by atoms with Crippen molar-refractivity contribution in [1.82, 2.24) is 9.62 Å². The number of carbonyl (C=O) groups excluding carboxylic acids is 1. The van der Waals surface area contributed by atoms with Crippen molar-refractivity contribution in [2.75, 3.05) is 12.8 Å². The Balaban J connectivity index is 2.02. The summed E-state index contributed by atoms with van der Waals surface area (Å²) in [4.78, 5) is 13.8. The van der Waals surface area contributed by atoms with Gasteiger partial charge >= 0.3 is 0 Å². The summed E-state index contributed by atoms with van der Waals surface area (Å²) < 4.78 is 69.6. The maximum atomic E-state index is 15.4. The van der Waals surface area contributed by atoms with Gasteiger partial charge in [0.1, 0.15) is 23.4 Å². The van der Waals surface area contributed by atoms with Crippen molar-refractivity contribution in [1.29, 1.82) is 0 Å². The molecule has 3 unspecified atom stereocenters. The maximum absolute atomic E-state index is 15.4. The zero-order chi connectivity index (χ0) is 23.8. The molecular weight excluding hydrogens is 445 g/mol. The molecule has 10 heteroatoms. The molecule has 3 rings (SSSR count). The first kappa shape index (κ1) is 24.2. The van der Waals surface area contributed by atoms with Gasteiger partial charge in [0.05, 0.1) is 24.9 Å². The minimum absolute atomic E-state index is 0.0970. The van der Waals surface area contributed by atoms with E-state index in [1.807, 2.05) is 0 Å². The van der Waals surface area contributed by atoms with Crippen molar-refractivity contribution in [2.45, 2.75) is 44.1 Å². The van der Waals surface area contributed by atoms with E-state index in [0.717, 1.165) is 11.2 Å². The van der Waals surface area contributed by atoms with Crippen LogP contribution in [0.5, 0.6) is 0 Å². The highest BCUT2D eigenvalue weighted by molar-refractivity contribution is 7.88. The lowest BCUT2D eigenvalue weighted by molar-refractivity contribution is -0.149. The number of halogens is 3. The molecular formula is C22H25F3N2O4S. The molecule has 32 heavy (non-hydrogen) atoms. The number of hydrogen-bond acceptors (Lipinski definition) is 4. The second kappa shape index (κ2) is 8.84. The van der Waals surface area contributed by atoms with Gasteiger partial charge in [0.2, 0.25) is 10.0 Å². The Kier molecular flexibility index (Phi) is 6.69. The Morgan fingerprint density at radius 1 is 1.22 bits per heavy atom. The SMILES string of the molecule is CC(C)(O)C(=O)N1CC(F)C(NS(C)(=O)=O)C1Cc1cccc(-c2cccc(F)c2)c1F. The number of nitrogens with one attached hydrogen (secondary N) is 1. The molecule has 0 aromatic heterocycles. The topological polar surface area (TPSA) is 86.7 Å². The van der Waals surface area contributed by atoms with Crippen LogP contribution in [0.3, 0.4) is 0 Å². The molecule has 0 saturated carbocycles. The molecule has 1 amide bonds. The molecule has 2 aromatic rings. The van der Waals surface area contributed by atoms with Crippen LogP contribution in [-0.2, 0) is 21.2 Å². The van der Waals surface area contributed by atoms with Crippen LogP contribution in [0, 0.1) is 11.6 Å². The van der Waals surface area contributed by atoms with Crippen LogP contribution in [-0.4, -0.2) is 61.0 Å². The molecule has 1 aliphatic rings. The van der Waals surface area contributed by atoms with Crippen LogP contribution in [0.25, 0.3) is 11.1 Å². The molecule has 0 bridgehead atoms. The predicted octanol–water partition coefficient (Wildman–Crippen LogP) is 2.41. The first-order chi connectivity index (χ1) is 14.8. The van der Waals surface area contributed by atoms with Gasteiger partial charge in [0.15, 0.2) is 0 Å². The normalized spacial score (nSPS) is 21.7. The fraction of sp³-hybridized carbons (Fsp3) is 0.409. The summed E-state index contributed by atoms with van der Waals surface area (Å²) >= 11 is 0. The first-order valence-electron chi connectivity index (χ1n) is 9.96. The number of aliphatic hydroxyl groups is 1. The number of carbonyl (C=O) groups is 1. The van der Waals surface area contributed by atoms with Crippen molar-refractivity contribution in [2.24, 2.45) is 0 Å². The third-order valence-electron chi connectivity index (χ3n) is 5.35. The molecule has 3 atom stereocenters. The Hall–Kier alpha value is -2.43. The zero-order valence-electron chi connectivity index (χ0n) is 17.8. The van der Waals surface area contributed by atoms with Crippen molar-refractivity contribution in [3.63, 3.8) is 0 Å². The lowest BCUT2D eigenvalue weighted by Gasteiger charge is -2.32. The third-order valence-corrected chi connectivity index (χ3v) is 6.05. The predicted molar refractivity (Wildman–Crippen MR) is 114 cm³/mol. The first-order valence-corrected chi connectivity index (χ1v) is 11.8. The fourth-order valence-corrected chi connectivity index (χ4v) is 4.73. The molecule has 0 aliphatic carbocycles. The average Bonchev–Trinajstić information content (AvgIpc) is 2.96. The van der Waals surface area contributed by atoms with Gasteiger partial charge in [-0.3, -0.25) is 4.79 Å². The van der Waals surface area contributed by atoms with Gasteiger partial charge in [0.25, 0.3) is 5.91 Å². The molecule has 2 aromatic carbocycles. The van der Waals surface area contributed by atoms with Gasteiger partial charge in [-0.25, -0.2) is 26.3 Å². The molecule has 1 heterocycles. The third kappa shape index (κ3) is 5.31. The van der Waals surface area contributed by atoms with E-state index < -0.39 is 58.0 Å². The van der Waals surface area contributed by atoms with E-state index in [-0.39, 0.29) is 17.5 Å². The summed E-state index contributed by atoms with van der Waals surface area (Å²) in [5, 5.41) is 10.1. The van der Waals surface area contributed by atoms with Crippen molar-refractivity contribution >= 4 is 15.9 Å². The van der Waals surface area contributed by atoms with E-state index in [0.29, 0.717) is 5.56 Å². The van der Waals surface area contributed by atoms with Crippen molar-refractivity contribution < 1.29 is 31.5 Å². The highest BCUT2D eigenvalue weighted by Crippen LogP contribution is 2.31. The minimum atomic E-state index is -3.84. The van der Waals surface area contributed by atoms with E-state index in [2.05, 4.69) is 4.72 Å². The number of hydrogen-bond donors (Lipinski definition) is 2. The van der Waals surface area contributed by atoms with Gasteiger partial charge in [0, 0.05) is 5.56 Å². The average molecular weight is 471 g/mol. The Labute approximate surface area is 185 Å². The van der Waals surface area contributed by atoms with Gasteiger partial charge < -0.3 is 10.0 Å². The zero-order valence-corrected chi connectivity index (χ0v) is 18.7. The lowest BCUT2D eigenvalue weighted by atomic mass is 9.95. The molecule has 0 radical (unpaired) electrons. The van der Waals surface area contributed by atoms with E-state index in [1.54, 1.807) is 6.07 Å². The summed E-state index contributed by atoms with van der Waals surface area (Å²) in [6.45, 7) is 2.02. The van der Waals surface area contributed by atoms with Crippen LogP contribution in [0.15, 0.2) is 42.5 Å². The Morgan fingerprint density at radius 3 is 2.47 bits per heavy atom. The quantitative estimate of drug-likeness (QED) is 0.679. The van der Waals surface area contributed by atoms with E-state index in [1.165, 1.54) is 50.2 Å². The van der Waals surface area contributed by atoms with Gasteiger partial charge in [-0.1, -0.05) is 30.3 Å². The van der Waals surface area contributed by atoms with Crippen LogP contribution in [0.1, 0.15) is 19.4 Å². The molecule has 2 N–H and O–H groups in total.